The highest BCUT2D eigenvalue weighted by Crippen LogP contribution is 2.38. The van der Waals surface area contributed by atoms with Gasteiger partial charge in [0, 0.05) is 30.2 Å². The van der Waals surface area contributed by atoms with Gasteiger partial charge in [-0.25, -0.2) is 13.4 Å². The molecule has 0 aliphatic heterocycles. The number of methoxy groups -OCH3 is 1. The zero-order chi connectivity index (χ0) is 25.7. The van der Waals surface area contributed by atoms with Crippen LogP contribution in [0.2, 0.25) is 5.02 Å². The number of halogens is 1. The highest BCUT2D eigenvalue weighted by molar-refractivity contribution is 7.90. The first-order chi connectivity index (χ1) is 17.3. The number of aromatic nitrogens is 2. The van der Waals surface area contributed by atoms with Crippen molar-refractivity contribution in [3.8, 4) is 17.6 Å². The number of nitrogens with zero attached hydrogens (tertiary/aromatic N) is 3. The monoisotopic (exact) mass is 527 g/mol. The van der Waals surface area contributed by atoms with Crippen LogP contribution in [-0.4, -0.2) is 31.6 Å². The fraction of sp³-hybridized carbons (Fsp3) is 0.346. The summed E-state index contributed by atoms with van der Waals surface area (Å²) in [4.78, 5) is 18.7. The van der Waals surface area contributed by atoms with Crippen molar-refractivity contribution in [1.82, 2.24) is 10.1 Å². The van der Waals surface area contributed by atoms with Gasteiger partial charge in [-0.15, -0.1) is 0 Å². The van der Waals surface area contributed by atoms with Crippen LogP contribution in [-0.2, 0) is 20.4 Å². The van der Waals surface area contributed by atoms with Gasteiger partial charge < -0.3 is 9.26 Å². The van der Waals surface area contributed by atoms with Gasteiger partial charge in [0.05, 0.1) is 28.4 Å². The number of carbonyl (C=O) groups excluding carboxylic acids is 1. The molecule has 0 spiro atoms. The van der Waals surface area contributed by atoms with E-state index in [-0.39, 0.29) is 34.5 Å². The summed E-state index contributed by atoms with van der Waals surface area (Å²) >= 11 is 6.57. The molecular formula is C26H26ClN3O5S. The summed E-state index contributed by atoms with van der Waals surface area (Å²) in [6.07, 6.45) is 7.27. The third-order valence-corrected chi connectivity index (χ3v) is 7.91. The largest absolute Gasteiger partial charge is 0.495 e. The number of hydrogen-bond acceptors (Lipinski definition) is 7. The van der Waals surface area contributed by atoms with Crippen LogP contribution >= 0.6 is 11.6 Å². The van der Waals surface area contributed by atoms with Gasteiger partial charge in [-0.2, -0.15) is 0 Å². The number of carbonyl (C=O) groups is 1. The average molecular weight is 528 g/mol. The fourth-order valence-electron chi connectivity index (χ4n) is 4.05. The summed E-state index contributed by atoms with van der Waals surface area (Å²) < 4.78 is 35.8. The van der Waals surface area contributed by atoms with Crippen molar-refractivity contribution in [1.29, 1.82) is 0 Å². The summed E-state index contributed by atoms with van der Waals surface area (Å²) in [5.74, 6) is 6.87. The topological polar surface area (TPSA) is 103 Å². The molecule has 1 aromatic carbocycles. The normalized spacial score (nSPS) is 13.8. The molecule has 2 aromatic heterocycles. The Labute approximate surface area is 215 Å². The van der Waals surface area contributed by atoms with Crippen LogP contribution in [0.5, 0.6) is 5.75 Å². The zero-order valence-electron chi connectivity index (χ0n) is 20.0. The van der Waals surface area contributed by atoms with Crippen LogP contribution in [0.3, 0.4) is 0 Å². The Balaban J connectivity index is 1.68. The molecule has 0 N–H and O–H groups in total. The Bertz CT molecular complexity index is 1390. The van der Waals surface area contributed by atoms with Crippen molar-refractivity contribution in [2.24, 2.45) is 5.92 Å². The molecule has 4 rings (SSSR count). The number of hydrogen-bond donors (Lipinski definition) is 0. The van der Waals surface area contributed by atoms with Gasteiger partial charge in [-0.05, 0) is 37.1 Å². The fourth-order valence-corrected chi connectivity index (χ4v) is 5.45. The van der Waals surface area contributed by atoms with E-state index < -0.39 is 9.84 Å². The van der Waals surface area contributed by atoms with Gasteiger partial charge in [-0.1, -0.05) is 48.4 Å². The second-order valence-electron chi connectivity index (χ2n) is 8.44. The van der Waals surface area contributed by atoms with E-state index in [0.717, 1.165) is 12.8 Å². The molecule has 8 nitrogen and oxygen atoms in total. The first-order valence-corrected chi connectivity index (χ1v) is 13.7. The lowest BCUT2D eigenvalue weighted by Gasteiger charge is -2.24. The van der Waals surface area contributed by atoms with Gasteiger partial charge in [0.2, 0.25) is 5.91 Å². The predicted molar refractivity (Wildman–Crippen MR) is 136 cm³/mol. The summed E-state index contributed by atoms with van der Waals surface area (Å²) in [7, 11) is -2.20. The molecule has 3 aromatic rings. The van der Waals surface area contributed by atoms with Gasteiger partial charge >= 0.3 is 0 Å². The highest BCUT2D eigenvalue weighted by Gasteiger charge is 2.25. The van der Waals surface area contributed by atoms with E-state index in [1.807, 2.05) is 0 Å². The molecule has 0 bridgehead atoms. The number of anilines is 2. The Morgan fingerprint density at radius 3 is 2.64 bits per heavy atom. The zero-order valence-corrected chi connectivity index (χ0v) is 21.6. The van der Waals surface area contributed by atoms with E-state index in [0.29, 0.717) is 27.9 Å². The van der Waals surface area contributed by atoms with Crippen LogP contribution in [0.15, 0.2) is 52.2 Å². The van der Waals surface area contributed by atoms with Crippen molar-refractivity contribution < 1.29 is 22.5 Å². The predicted octanol–water partition coefficient (Wildman–Crippen LogP) is 5.32. The van der Waals surface area contributed by atoms with Crippen LogP contribution in [0.1, 0.15) is 50.3 Å². The third-order valence-electron chi connectivity index (χ3n) is 5.97. The first kappa shape index (κ1) is 25.7. The van der Waals surface area contributed by atoms with Crippen LogP contribution in [0, 0.1) is 17.8 Å². The van der Waals surface area contributed by atoms with E-state index in [1.165, 1.54) is 55.5 Å². The lowest BCUT2D eigenvalue weighted by Crippen LogP contribution is -2.26. The lowest BCUT2D eigenvalue weighted by molar-refractivity contribution is -0.117. The SMILES string of the molecule is CCC(=O)N(c1ccc(S(=O)(=O)Cc2ccon2)cn1)c1cc(Cl)c(C#CC2CCCC2)cc1OC. The molecule has 36 heavy (non-hydrogen) atoms. The molecule has 10 heteroatoms. The molecule has 1 saturated carbocycles. The highest BCUT2D eigenvalue weighted by atomic mass is 35.5. The van der Waals surface area contributed by atoms with Gasteiger partial charge in [0.15, 0.2) is 9.84 Å². The number of benzene rings is 1. The molecule has 188 valence electrons. The Kier molecular flexibility index (Phi) is 7.97. The second kappa shape index (κ2) is 11.1. The van der Waals surface area contributed by atoms with Crippen molar-refractivity contribution in [3.63, 3.8) is 0 Å². The van der Waals surface area contributed by atoms with Crippen molar-refractivity contribution in [2.45, 2.75) is 49.7 Å². The molecule has 1 amide bonds. The van der Waals surface area contributed by atoms with Gasteiger partial charge in [0.25, 0.3) is 0 Å². The van der Waals surface area contributed by atoms with E-state index in [1.54, 1.807) is 19.1 Å². The van der Waals surface area contributed by atoms with Gasteiger partial charge in [0.1, 0.15) is 23.6 Å². The number of sulfone groups is 1. The maximum absolute atomic E-state index is 13.0. The molecule has 2 heterocycles. The second-order valence-corrected chi connectivity index (χ2v) is 10.8. The van der Waals surface area contributed by atoms with Crippen LogP contribution in [0.4, 0.5) is 11.5 Å². The lowest BCUT2D eigenvalue weighted by atomic mass is 10.1. The van der Waals surface area contributed by atoms with Crippen LogP contribution in [0.25, 0.3) is 0 Å². The summed E-state index contributed by atoms with van der Waals surface area (Å²) in [5.41, 5.74) is 1.30. The molecule has 0 atom stereocenters. The molecular weight excluding hydrogens is 502 g/mol. The molecule has 0 radical (unpaired) electrons. The van der Waals surface area contributed by atoms with E-state index in [2.05, 4.69) is 22.0 Å². The standard InChI is InChI=1S/C26H26ClN3O5S/c1-3-26(31)30(25-11-10-21(16-28-25)36(32,33)17-20-12-13-35-29-20)23-15-22(27)19(14-24(23)34-2)9-8-18-6-4-5-7-18/h10-16,18H,3-7,17H2,1-2H3. The minimum atomic E-state index is -3.70. The van der Waals surface area contributed by atoms with Crippen molar-refractivity contribution in [3.05, 3.63) is 59.1 Å². The number of amides is 1. The number of rotatable bonds is 7. The maximum atomic E-state index is 13.0. The van der Waals surface area contributed by atoms with Crippen molar-refractivity contribution in [2.75, 3.05) is 12.0 Å². The minimum Gasteiger partial charge on any atom is -0.495 e. The number of pyridine rings is 1. The van der Waals surface area contributed by atoms with E-state index >= 15 is 0 Å². The summed E-state index contributed by atoms with van der Waals surface area (Å²) in [6.45, 7) is 1.72. The van der Waals surface area contributed by atoms with Crippen LogP contribution < -0.4 is 9.64 Å². The Morgan fingerprint density at radius 2 is 2.03 bits per heavy atom. The molecule has 1 aliphatic rings. The Morgan fingerprint density at radius 1 is 1.25 bits per heavy atom. The molecule has 1 aliphatic carbocycles. The van der Waals surface area contributed by atoms with E-state index in [9.17, 15) is 13.2 Å². The minimum absolute atomic E-state index is 0.000630. The Hall–Kier alpha value is -3.35. The third kappa shape index (κ3) is 5.72. The first-order valence-electron chi connectivity index (χ1n) is 11.6. The molecule has 0 unspecified atom stereocenters. The average Bonchev–Trinajstić information content (AvgIpc) is 3.58. The quantitative estimate of drug-likeness (QED) is 0.383. The van der Waals surface area contributed by atoms with Gasteiger partial charge in [-0.3, -0.25) is 9.69 Å². The summed E-state index contributed by atoms with van der Waals surface area (Å²) in [6, 6.07) is 7.71. The van der Waals surface area contributed by atoms with E-state index in [4.69, 9.17) is 20.9 Å². The smallest absolute Gasteiger partial charge is 0.232 e. The summed E-state index contributed by atoms with van der Waals surface area (Å²) in [5, 5.41) is 4.04. The van der Waals surface area contributed by atoms with Crippen molar-refractivity contribution >= 4 is 38.9 Å². The molecule has 1 fully saturated rings. The molecule has 0 saturated heterocycles. The number of ether oxygens (including phenoxy) is 1. The maximum Gasteiger partial charge on any atom is 0.232 e.